The first-order valence-corrected chi connectivity index (χ1v) is 10.4. The van der Waals surface area contributed by atoms with Gasteiger partial charge in [0.1, 0.15) is 0 Å². The minimum Gasteiger partial charge on any atom is -0.369 e. The molecule has 2 unspecified atom stereocenters. The fourth-order valence-electron chi connectivity index (χ4n) is 4.71. The second-order valence-electron chi connectivity index (χ2n) is 8.73. The van der Waals surface area contributed by atoms with E-state index in [1.807, 2.05) is 4.98 Å². The SMILES string of the molecule is Cc1c(N2CCC(C(N)C(F)(F)C(F)(F)F)C2)c(F)c(C(F)F)c2c(=O)[nH]c(=O)n(C3CC3)c12. The van der Waals surface area contributed by atoms with Crippen molar-refractivity contribution >= 4 is 16.6 Å². The largest absolute Gasteiger partial charge is 0.454 e. The van der Waals surface area contributed by atoms with Gasteiger partial charge in [-0.05, 0) is 32.1 Å². The lowest BCUT2D eigenvalue weighted by molar-refractivity contribution is -0.293. The molecule has 1 aromatic carbocycles. The number of nitrogens with zero attached hydrogens (tertiary/aromatic N) is 2. The zero-order valence-corrected chi connectivity index (χ0v) is 17.7. The molecule has 2 fully saturated rings. The first-order chi connectivity index (χ1) is 15.7. The van der Waals surface area contributed by atoms with Crippen molar-refractivity contribution in [1.29, 1.82) is 0 Å². The first kappa shape index (κ1) is 24.5. The van der Waals surface area contributed by atoms with E-state index in [0.717, 1.165) is 9.47 Å². The number of aryl methyl sites for hydroxylation is 1. The third-order valence-corrected chi connectivity index (χ3v) is 6.54. The Balaban J connectivity index is 1.87. The van der Waals surface area contributed by atoms with E-state index >= 15 is 4.39 Å². The third kappa shape index (κ3) is 3.66. The van der Waals surface area contributed by atoms with Crippen LogP contribution >= 0.6 is 0 Å². The molecule has 0 spiro atoms. The standard InChI is InChI=1S/C20H20F8N4O2/c1-7-13-11(17(33)30-18(34)32(13)9-2-3-9)10(16(22)23)12(21)14(7)31-5-4-8(6-31)15(29)19(24,25)20(26,27)28/h8-9,15-16H,2-6,29H2,1H3,(H,30,33,34). The molecular formula is C20H20F8N4O2. The molecule has 6 nitrogen and oxygen atoms in total. The molecule has 188 valence electrons. The zero-order valence-electron chi connectivity index (χ0n) is 17.7. The average molecular weight is 500 g/mol. The van der Waals surface area contributed by atoms with Gasteiger partial charge in [0.15, 0.2) is 5.82 Å². The predicted molar refractivity (Wildman–Crippen MR) is 106 cm³/mol. The van der Waals surface area contributed by atoms with Crippen molar-refractivity contribution in [3.8, 4) is 0 Å². The summed E-state index contributed by atoms with van der Waals surface area (Å²) in [5, 5.41) is -0.698. The summed E-state index contributed by atoms with van der Waals surface area (Å²) >= 11 is 0. The van der Waals surface area contributed by atoms with Crippen LogP contribution in [0.2, 0.25) is 0 Å². The molecular weight excluding hydrogens is 480 g/mol. The van der Waals surface area contributed by atoms with Crippen LogP contribution in [-0.2, 0) is 0 Å². The van der Waals surface area contributed by atoms with E-state index in [1.165, 1.54) is 6.92 Å². The minimum atomic E-state index is -5.89. The van der Waals surface area contributed by atoms with Crippen LogP contribution in [0.4, 0.5) is 40.8 Å². The molecule has 0 amide bonds. The number of hydrogen-bond donors (Lipinski definition) is 2. The smallest absolute Gasteiger partial charge is 0.369 e. The van der Waals surface area contributed by atoms with Crippen molar-refractivity contribution in [3.05, 3.63) is 37.8 Å². The molecule has 0 bridgehead atoms. The number of H-pyrrole nitrogens is 1. The van der Waals surface area contributed by atoms with Crippen molar-refractivity contribution in [2.75, 3.05) is 18.0 Å². The highest BCUT2D eigenvalue weighted by atomic mass is 19.4. The number of anilines is 1. The molecule has 1 saturated carbocycles. The van der Waals surface area contributed by atoms with Crippen LogP contribution in [0.3, 0.4) is 0 Å². The summed E-state index contributed by atoms with van der Waals surface area (Å²) in [7, 11) is 0. The fourth-order valence-corrected chi connectivity index (χ4v) is 4.71. The van der Waals surface area contributed by atoms with Crippen molar-refractivity contribution in [2.45, 2.75) is 56.8 Å². The number of nitrogens with one attached hydrogen (secondary N) is 1. The average Bonchev–Trinajstić information content (AvgIpc) is 3.43. The fraction of sp³-hybridized carbons (Fsp3) is 0.600. The van der Waals surface area contributed by atoms with E-state index < -0.39 is 76.8 Å². The Morgan fingerprint density at radius 3 is 2.24 bits per heavy atom. The summed E-state index contributed by atoms with van der Waals surface area (Å²) in [4.78, 5) is 27.8. The topological polar surface area (TPSA) is 84.1 Å². The van der Waals surface area contributed by atoms with Crippen LogP contribution < -0.4 is 21.9 Å². The van der Waals surface area contributed by atoms with Crippen LogP contribution in [0.25, 0.3) is 10.9 Å². The molecule has 0 radical (unpaired) electrons. The molecule has 2 aromatic rings. The van der Waals surface area contributed by atoms with E-state index in [2.05, 4.69) is 0 Å². The number of alkyl halides is 7. The molecule has 2 heterocycles. The predicted octanol–water partition coefficient (Wildman–Crippen LogP) is 3.76. The van der Waals surface area contributed by atoms with Crippen molar-refractivity contribution in [1.82, 2.24) is 9.55 Å². The molecule has 1 aromatic heterocycles. The third-order valence-electron chi connectivity index (χ3n) is 6.54. The van der Waals surface area contributed by atoms with Gasteiger partial charge in [-0.25, -0.2) is 18.0 Å². The molecule has 1 aliphatic heterocycles. The Bertz CT molecular complexity index is 1250. The maximum atomic E-state index is 15.4. The van der Waals surface area contributed by atoms with E-state index in [0.29, 0.717) is 12.8 Å². The molecule has 1 saturated heterocycles. The maximum absolute atomic E-state index is 15.4. The van der Waals surface area contributed by atoms with Gasteiger partial charge in [0.05, 0.1) is 28.2 Å². The minimum absolute atomic E-state index is 0.0659. The number of fused-ring (bicyclic) bond motifs is 1. The van der Waals surface area contributed by atoms with Gasteiger partial charge in [-0.3, -0.25) is 14.3 Å². The van der Waals surface area contributed by atoms with Gasteiger partial charge in [-0.15, -0.1) is 0 Å². The van der Waals surface area contributed by atoms with Crippen molar-refractivity contribution in [3.63, 3.8) is 0 Å². The van der Waals surface area contributed by atoms with E-state index in [1.54, 1.807) is 0 Å². The Morgan fingerprint density at radius 2 is 1.71 bits per heavy atom. The highest BCUT2D eigenvalue weighted by Crippen LogP contribution is 2.45. The number of halogens is 8. The Morgan fingerprint density at radius 1 is 1.09 bits per heavy atom. The molecule has 3 N–H and O–H groups in total. The Kier molecular flexibility index (Phi) is 5.73. The molecule has 14 heteroatoms. The van der Waals surface area contributed by atoms with Gasteiger partial charge in [-0.2, -0.15) is 22.0 Å². The molecule has 34 heavy (non-hydrogen) atoms. The monoisotopic (exact) mass is 500 g/mol. The van der Waals surface area contributed by atoms with Gasteiger partial charge in [0, 0.05) is 24.7 Å². The van der Waals surface area contributed by atoms with Crippen LogP contribution in [0.5, 0.6) is 0 Å². The molecule has 4 rings (SSSR count). The number of hydrogen-bond acceptors (Lipinski definition) is 4. The summed E-state index contributed by atoms with van der Waals surface area (Å²) in [5.41, 5.74) is 1.15. The van der Waals surface area contributed by atoms with Crippen molar-refractivity contribution in [2.24, 2.45) is 11.7 Å². The molecule has 2 aliphatic rings. The van der Waals surface area contributed by atoms with E-state index in [4.69, 9.17) is 5.73 Å². The van der Waals surface area contributed by atoms with Crippen LogP contribution in [0.15, 0.2) is 9.59 Å². The van der Waals surface area contributed by atoms with Gasteiger partial charge in [0.25, 0.3) is 12.0 Å². The lowest BCUT2D eigenvalue weighted by Crippen LogP contribution is -2.55. The van der Waals surface area contributed by atoms with Crippen LogP contribution in [-0.4, -0.2) is 40.8 Å². The summed E-state index contributed by atoms with van der Waals surface area (Å²) in [6.45, 7) is 0.482. The number of aromatic nitrogens is 2. The first-order valence-electron chi connectivity index (χ1n) is 10.4. The second kappa shape index (κ2) is 7.95. The lowest BCUT2D eigenvalue weighted by atomic mass is 9.94. The quantitative estimate of drug-likeness (QED) is 0.613. The Hall–Kier alpha value is -2.64. The summed E-state index contributed by atoms with van der Waals surface area (Å²) in [6, 6.07) is -3.04. The molecule has 1 aliphatic carbocycles. The number of aromatic amines is 1. The summed E-state index contributed by atoms with van der Waals surface area (Å²) in [6.07, 6.45) is -8.61. The highest BCUT2D eigenvalue weighted by molar-refractivity contribution is 5.90. The Labute approximate surface area is 186 Å². The normalized spacial score (nSPS) is 20.6. The van der Waals surface area contributed by atoms with Crippen LogP contribution in [0.1, 0.15) is 42.9 Å². The number of nitrogens with two attached hydrogens (primary N) is 1. The zero-order chi connectivity index (χ0) is 25.3. The highest BCUT2D eigenvalue weighted by Gasteiger charge is 2.63. The van der Waals surface area contributed by atoms with Gasteiger partial charge >= 0.3 is 17.8 Å². The van der Waals surface area contributed by atoms with E-state index in [9.17, 15) is 40.3 Å². The van der Waals surface area contributed by atoms with Gasteiger partial charge in [0.2, 0.25) is 0 Å². The van der Waals surface area contributed by atoms with E-state index in [-0.39, 0.29) is 24.0 Å². The van der Waals surface area contributed by atoms with Crippen LogP contribution in [0, 0.1) is 18.7 Å². The van der Waals surface area contributed by atoms with Crippen molar-refractivity contribution < 1.29 is 35.1 Å². The molecule has 2 atom stereocenters. The second-order valence-corrected chi connectivity index (χ2v) is 8.73. The number of benzene rings is 1. The summed E-state index contributed by atoms with van der Waals surface area (Å²) < 4.78 is 110. The summed E-state index contributed by atoms with van der Waals surface area (Å²) in [5.74, 6) is -8.13. The number of rotatable bonds is 5. The van der Waals surface area contributed by atoms with Gasteiger partial charge < -0.3 is 10.6 Å². The lowest BCUT2D eigenvalue weighted by Gasteiger charge is -2.30. The maximum Gasteiger partial charge on any atom is 0.454 e. The van der Waals surface area contributed by atoms with Gasteiger partial charge in [-0.1, -0.05) is 0 Å².